The van der Waals surface area contributed by atoms with Gasteiger partial charge in [-0.3, -0.25) is 0 Å². The molecular formula is C6H5N7O2S. The van der Waals surface area contributed by atoms with Gasteiger partial charge in [0.1, 0.15) is 11.0 Å². The Morgan fingerprint density at radius 1 is 1.50 bits per heavy atom. The van der Waals surface area contributed by atoms with Crippen LogP contribution in [0.15, 0.2) is 22.7 Å². The van der Waals surface area contributed by atoms with Gasteiger partial charge >= 0.3 is 10.2 Å². The van der Waals surface area contributed by atoms with Crippen molar-refractivity contribution in [1.82, 2.24) is 14.4 Å². The zero-order valence-electron chi connectivity index (χ0n) is 7.72. The van der Waals surface area contributed by atoms with Crippen molar-refractivity contribution >= 4 is 26.9 Å². The van der Waals surface area contributed by atoms with Crippen molar-refractivity contribution in [3.8, 4) is 0 Å². The van der Waals surface area contributed by atoms with Crippen LogP contribution < -0.4 is 5.73 Å². The number of hydrogen-bond acceptors (Lipinski definition) is 5. The highest BCUT2D eigenvalue weighted by Gasteiger charge is 2.16. The Labute approximate surface area is 89.3 Å². The summed E-state index contributed by atoms with van der Waals surface area (Å²) in [4.78, 5) is 2.21. The molecule has 0 atom stereocenters. The van der Waals surface area contributed by atoms with Crippen molar-refractivity contribution in [1.29, 1.82) is 0 Å². The van der Waals surface area contributed by atoms with Crippen molar-refractivity contribution in [2.45, 2.75) is 0 Å². The molecule has 1 heterocycles. The predicted octanol–water partition coefficient (Wildman–Crippen LogP) is 0.417. The van der Waals surface area contributed by atoms with Crippen LogP contribution in [0, 0.1) is 0 Å². The summed E-state index contributed by atoms with van der Waals surface area (Å²) < 4.78 is 26.0. The van der Waals surface area contributed by atoms with Gasteiger partial charge in [-0.2, -0.15) is 8.42 Å². The molecule has 1 aromatic heterocycles. The molecule has 0 saturated carbocycles. The number of aromatic nitrogens is 3. The summed E-state index contributed by atoms with van der Waals surface area (Å²) >= 11 is 0. The van der Waals surface area contributed by atoms with E-state index in [9.17, 15) is 8.42 Å². The molecule has 0 unspecified atom stereocenters. The first-order chi connectivity index (χ1) is 7.54. The second kappa shape index (κ2) is 3.36. The van der Waals surface area contributed by atoms with E-state index in [1.54, 1.807) is 6.07 Å². The summed E-state index contributed by atoms with van der Waals surface area (Å²) in [5.74, 6) is 0. The van der Waals surface area contributed by atoms with Crippen molar-refractivity contribution < 1.29 is 8.42 Å². The number of fused-ring (bicyclic) bond motifs is 1. The predicted molar refractivity (Wildman–Crippen MR) is 55.4 cm³/mol. The standard InChI is InChI=1S/C6H5N7O2S/c7-4-1-2-5-6(3-4)13(11-9-5)16(14,15)12-10-8/h1-3H,7H2. The van der Waals surface area contributed by atoms with E-state index in [0.29, 0.717) is 15.3 Å². The first-order valence-electron chi connectivity index (χ1n) is 3.97. The van der Waals surface area contributed by atoms with Gasteiger partial charge in [0.2, 0.25) is 0 Å². The lowest BCUT2D eigenvalue weighted by atomic mass is 10.3. The van der Waals surface area contributed by atoms with Crippen LogP contribution in [-0.4, -0.2) is 22.8 Å². The van der Waals surface area contributed by atoms with E-state index in [4.69, 9.17) is 11.3 Å². The average Bonchev–Trinajstić information content (AvgIpc) is 2.60. The molecule has 16 heavy (non-hydrogen) atoms. The molecule has 0 amide bonds. The van der Waals surface area contributed by atoms with Crippen molar-refractivity contribution in [2.75, 3.05) is 5.73 Å². The smallest absolute Gasteiger partial charge is 0.345 e. The van der Waals surface area contributed by atoms with E-state index in [-0.39, 0.29) is 5.52 Å². The van der Waals surface area contributed by atoms with Gasteiger partial charge in [0.25, 0.3) is 0 Å². The van der Waals surface area contributed by atoms with Crippen LogP contribution in [0.1, 0.15) is 0 Å². The van der Waals surface area contributed by atoms with Crippen molar-refractivity contribution in [3.63, 3.8) is 0 Å². The lowest BCUT2D eigenvalue weighted by Crippen LogP contribution is -2.10. The van der Waals surface area contributed by atoms with Crippen LogP contribution in [0.2, 0.25) is 0 Å². The van der Waals surface area contributed by atoms with Crippen LogP contribution >= 0.6 is 0 Å². The Balaban J connectivity index is 2.80. The number of nitrogen functional groups attached to an aromatic ring is 1. The second-order valence-electron chi connectivity index (χ2n) is 2.83. The molecule has 0 aliphatic heterocycles. The van der Waals surface area contributed by atoms with Gasteiger partial charge in [-0.05, 0) is 23.7 Å². The van der Waals surface area contributed by atoms with E-state index in [0.717, 1.165) is 0 Å². The largest absolute Gasteiger partial charge is 0.399 e. The zero-order chi connectivity index (χ0) is 11.8. The SMILES string of the molecule is [N-]=[N+]=NS(=O)(=O)n1nnc2ccc(N)cc21. The zero-order valence-corrected chi connectivity index (χ0v) is 8.53. The Hall–Kier alpha value is -2.32. The lowest BCUT2D eigenvalue weighted by molar-refractivity contribution is 0.581. The van der Waals surface area contributed by atoms with Gasteiger partial charge in [-0.25, -0.2) is 0 Å². The highest BCUT2D eigenvalue weighted by molar-refractivity contribution is 7.88. The van der Waals surface area contributed by atoms with Gasteiger partial charge in [0.05, 0.1) is 4.52 Å². The molecule has 0 spiro atoms. The first kappa shape index (κ1) is 10.2. The molecule has 0 aliphatic rings. The Morgan fingerprint density at radius 2 is 2.25 bits per heavy atom. The summed E-state index contributed by atoms with van der Waals surface area (Å²) in [6.07, 6.45) is 0. The number of nitrogens with zero attached hydrogens (tertiary/aromatic N) is 6. The van der Waals surface area contributed by atoms with Gasteiger partial charge in [-0.1, -0.05) is 5.21 Å². The summed E-state index contributed by atoms with van der Waals surface area (Å²) in [6, 6.07) is 4.45. The summed E-state index contributed by atoms with van der Waals surface area (Å²) in [6.45, 7) is 0. The molecule has 2 aromatic rings. The van der Waals surface area contributed by atoms with E-state index >= 15 is 0 Å². The van der Waals surface area contributed by atoms with Crippen molar-refractivity contribution in [2.24, 2.45) is 4.52 Å². The van der Waals surface area contributed by atoms with Gasteiger partial charge < -0.3 is 5.73 Å². The van der Waals surface area contributed by atoms with E-state index in [1.807, 2.05) is 0 Å². The minimum Gasteiger partial charge on any atom is -0.399 e. The van der Waals surface area contributed by atoms with E-state index in [1.165, 1.54) is 12.1 Å². The molecule has 0 aliphatic carbocycles. The molecule has 82 valence electrons. The fourth-order valence-corrected chi connectivity index (χ4v) is 1.85. The molecule has 10 heteroatoms. The first-order valence-corrected chi connectivity index (χ1v) is 5.37. The molecule has 2 rings (SSSR count). The quantitative estimate of drug-likeness (QED) is 0.350. The Kier molecular flexibility index (Phi) is 2.15. The fraction of sp³-hybridized carbons (Fsp3) is 0. The molecule has 0 bridgehead atoms. The number of anilines is 1. The van der Waals surface area contributed by atoms with E-state index in [2.05, 4.69) is 19.7 Å². The van der Waals surface area contributed by atoms with Crippen LogP contribution in [-0.2, 0) is 10.2 Å². The maximum atomic E-state index is 11.4. The second-order valence-corrected chi connectivity index (χ2v) is 4.23. The summed E-state index contributed by atoms with van der Waals surface area (Å²) in [7, 11) is -4.21. The van der Waals surface area contributed by atoms with Gasteiger partial charge in [0, 0.05) is 10.6 Å². The topological polar surface area (TPSA) is 140 Å². The summed E-state index contributed by atoms with van der Waals surface area (Å²) in [5, 5.41) is 6.99. The van der Waals surface area contributed by atoms with Crippen LogP contribution in [0.5, 0.6) is 0 Å². The third kappa shape index (κ3) is 1.51. The number of benzene rings is 1. The Morgan fingerprint density at radius 3 is 2.94 bits per heavy atom. The van der Waals surface area contributed by atoms with Crippen molar-refractivity contribution in [3.05, 3.63) is 28.6 Å². The number of azide groups is 1. The minimum atomic E-state index is -4.21. The third-order valence-electron chi connectivity index (χ3n) is 1.80. The maximum absolute atomic E-state index is 11.4. The third-order valence-corrected chi connectivity index (χ3v) is 2.78. The molecule has 0 radical (unpaired) electrons. The maximum Gasteiger partial charge on any atom is 0.345 e. The molecule has 2 N–H and O–H groups in total. The highest BCUT2D eigenvalue weighted by Crippen LogP contribution is 2.16. The molecule has 9 nitrogen and oxygen atoms in total. The molecular weight excluding hydrogens is 234 g/mol. The normalized spacial score (nSPS) is 11.2. The number of rotatable bonds is 2. The molecule has 0 saturated heterocycles. The van der Waals surface area contributed by atoms with Gasteiger partial charge in [-0.15, -0.1) is 9.19 Å². The fourth-order valence-electron chi connectivity index (χ4n) is 1.17. The van der Waals surface area contributed by atoms with Crippen LogP contribution in [0.4, 0.5) is 5.69 Å². The highest BCUT2D eigenvalue weighted by atomic mass is 32.2. The average molecular weight is 239 g/mol. The van der Waals surface area contributed by atoms with Crippen LogP contribution in [0.3, 0.4) is 0 Å². The molecule has 1 aromatic carbocycles. The summed E-state index contributed by atoms with van der Waals surface area (Å²) in [5.41, 5.74) is 14.5. The monoisotopic (exact) mass is 239 g/mol. The molecule has 0 fully saturated rings. The Bertz CT molecular complexity index is 697. The number of nitrogens with two attached hydrogens (primary N) is 1. The van der Waals surface area contributed by atoms with Gasteiger partial charge in [0.15, 0.2) is 0 Å². The number of hydrogen-bond donors (Lipinski definition) is 1. The minimum absolute atomic E-state index is 0.160. The lowest BCUT2D eigenvalue weighted by Gasteiger charge is -1.97. The van der Waals surface area contributed by atoms with Crippen LogP contribution in [0.25, 0.3) is 21.5 Å². The van der Waals surface area contributed by atoms with E-state index < -0.39 is 10.2 Å².